The molecule has 0 bridgehead atoms. The van der Waals surface area contributed by atoms with Crippen LogP contribution < -0.4 is 14.8 Å². The Morgan fingerprint density at radius 2 is 2.00 bits per heavy atom. The van der Waals surface area contributed by atoms with Crippen molar-refractivity contribution >= 4 is 52.0 Å². The van der Waals surface area contributed by atoms with Gasteiger partial charge in [-0.25, -0.2) is 0 Å². The molecule has 1 saturated heterocycles. The number of anilines is 1. The van der Waals surface area contributed by atoms with Gasteiger partial charge in [-0.2, -0.15) is 10.1 Å². The highest BCUT2D eigenvalue weighted by Gasteiger charge is 2.26. The zero-order chi connectivity index (χ0) is 21.5. The van der Waals surface area contributed by atoms with Crippen molar-refractivity contribution in [2.24, 2.45) is 5.10 Å². The third-order valence-corrected chi connectivity index (χ3v) is 5.35. The molecule has 1 aliphatic heterocycles. The second-order valence-electron chi connectivity index (χ2n) is 6.35. The van der Waals surface area contributed by atoms with Crippen molar-refractivity contribution in [1.82, 2.24) is 5.01 Å². The zero-order valence-electron chi connectivity index (χ0n) is 16.6. The van der Waals surface area contributed by atoms with E-state index in [0.29, 0.717) is 39.4 Å². The maximum Gasteiger partial charge on any atom is 0.262 e. The molecule has 7 nitrogen and oxygen atoms in total. The van der Waals surface area contributed by atoms with Crippen LogP contribution in [-0.4, -0.2) is 46.3 Å². The van der Waals surface area contributed by atoms with Gasteiger partial charge < -0.3 is 14.8 Å². The monoisotopic (exact) mass is 443 g/mol. The largest absolute Gasteiger partial charge is 0.490 e. The Bertz CT molecular complexity index is 961. The first kappa shape index (κ1) is 21.8. The number of amides is 2. The first-order valence-electron chi connectivity index (χ1n) is 9.26. The second kappa shape index (κ2) is 10.2. The van der Waals surface area contributed by atoms with Crippen LogP contribution in [0.2, 0.25) is 0 Å². The summed E-state index contributed by atoms with van der Waals surface area (Å²) >= 11 is 6.39. The van der Waals surface area contributed by atoms with Crippen LogP contribution in [0, 0.1) is 6.92 Å². The van der Waals surface area contributed by atoms with E-state index in [0.717, 1.165) is 5.56 Å². The summed E-state index contributed by atoms with van der Waals surface area (Å²) in [6, 6.07) is 12.7. The molecule has 0 spiro atoms. The van der Waals surface area contributed by atoms with Crippen molar-refractivity contribution in [2.45, 2.75) is 13.8 Å². The Kier molecular flexibility index (Phi) is 7.42. The van der Waals surface area contributed by atoms with Crippen molar-refractivity contribution < 1.29 is 19.1 Å². The zero-order valence-corrected chi connectivity index (χ0v) is 18.2. The molecular formula is C21H21N3O4S2. The molecule has 30 heavy (non-hydrogen) atoms. The number of nitrogens with one attached hydrogen (secondary N) is 1. The lowest BCUT2D eigenvalue weighted by Gasteiger charge is -2.13. The van der Waals surface area contributed by atoms with E-state index in [1.165, 1.54) is 23.0 Å². The van der Waals surface area contributed by atoms with Crippen LogP contribution >= 0.6 is 24.0 Å². The Morgan fingerprint density at radius 3 is 2.67 bits per heavy atom. The lowest BCUT2D eigenvalue weighted by Crippen LogP contribution is -2.22. The van der Waals surface area contributed by atoms with Gasteiger partial charge in [0.15, 0.2) is 22.4 Å². The third-order valence-electron chi connectivity index (χ3n) is 4.01. The van der Waals surface area contributed by atoms with Gasteiger partial charge in [0.25, 0.3) is 11.8 Å². The lowest BCUT2D eigenvalue weighted by atomic mass is 10.2. The predicted molar refractivity (Wildman–Crippen MR) is 122 cm³/mol. The van der Waals surface area contributed by atoms with Crippen molar-refractivity contribution in [3.63, 3.8) is 0 Å². The molecule has 0 aromatic heterocycles. The fourth-order valence-corrected chi connectivity index (χ4v) is 3.52. The van der Waals surface area contributed by atoms with E-state index < -0.39 is 0 Å². The van der Waals surface area contributed by atoms with E-state index in [4.69, 9.17) is 21.7 Å². The maximum absolute atomic E-state index is 12.2. The number of nitrogens with zero attached hydrogens (tertiary/aromatic N) is 2. The van der Waals surface area contributed by atoms with Crippen LogP contribution in [0.4, 0.5) is 5.69 Å². The molecule has 1 heterocycles. The summed E-state index contributed by atoms with van der Waals surface area (Å²) < 4.78 is 11.7. The minimum Gasteiger partial charge on any atom is -0.490 e. The van der Waals surface area contributed by atoms with Gasteiger partial charge in [-0.05, 0) is 49.7 Å². The second-order valence-corrected chi connectivity index (χ2v) is 7.96. The third kappa shape index (κ3) is 5.80. The molecule has 0 aliphatic carbocycles. The molecule has 3 rings (SSSR count). The number of aryl methyl sites for hydroxylation is 1. The molecule has 0 radical (unpaired) electrons. The van der Waals surface area contributed by atoms with Crippen molar-refractivity contribution in [2.75, 3.05) is 24.3 Å². The number of carbonyl (C=O) groups is 2. The molecule has 2 aromatic carbocycles. The van der Waals surface area contributed by atoms with E-state index in [1.807, 2.05) is 38.1 Å². The summed E-state index contributed by atoms with van der Waals surface area (Å²) in [5.74, 6) is 0.805. The van der Waals surface area contributed by atoms with E-state index >= 15 is 0 Å². The van der Waals surface area contributed by atoms with Gasteiger partial charge >= 0.3 is 0 Å². The standard InChI is InChI=1S/C21H21N3O4S2/c1-3-27-18-10-15(11-22-24-20(26)13-30-21(24)29)6-9-17(18)28-12-19(25)23-16-7-4-14(2)5-8-16/h4-11H,3,12-13H2,1-2H3,(H,23,25)/b22-11-. The highest BCUT2D eigenvalue weighted by atomic mass is 32.2. The summed E-state index contributed by atoms with van der Waals surface area (Å²) in [7, 11) is 0. The smallest absolute Gasteiger partial charge is 0.262 e. The number of benzene rings is 2. The van der Waals surface area contributed by atoms with Crippen molar-refractivity contribution in [3.8, 4) is 11.5 Å². The van der Waals surface area contributed by atoms with E-state index in [2.05, 4.69) is 10.4 Å². The SMILES string of the molecule is CCOc1cc(/C=N\N2C(=O)CSC2=S)ccc1OCC(=O)Nc1ccc(C)cc1. The molecule has 156 valence electrons. The number of ether oxygens (including phenoxy) is 2. The maximum atomic E-state index is 12.2. The Hall–Kier alpha value is -2.91. The fourth-order valence-electron chi connectivity index (χ4n) is 2.55. The molecule has 2 aromatic rings. The predicted octanol–water partition coefficient (Wildman–Crippen LogP) is 3.61. The number of rotatable bonds is 8. The lowest BCUT2D eigenvalue weighted by molar-refractivity contribution is -0.124. The molecule has 0 atom stereocenters. The van der Waals surface area contributed by atoms with E-state index in [1.54, 1.807) is 18.2 Å². The number of hydrogen-bond donors (Lipinski definition) is 1. The number of thioether (sulfide) groups is 1. The molecule has 1 aliphatic rings. The summed E-state index contributed by atoms with van der Waals surface area (Å²) in [4.78, 5) is 23.9. The van der Waals surface area contributed by atoms with Crippen LogP contribution in [0.5, 0.6) is 11.5 Å². The first-order valence-corrected chi connectivity index (χ1v) is 10.7. The van der Waals surface area contributed by atoms with Gasteiger partial charge in [0.05, 0.1) is 18.6 Å². The molecule has 2 amide bonds. The Balaban J connectivity index is 1.64. The summed E-state index contributed by atoms with van der Waals surface area (Å²) in [5.41, 5.74) is 2.53. The molecule has 1 fully saturated rings. The van der Waals surface area contributed by atoms with Gasteiger partial charge in [-0.15, -0.1) is 0 Å². The Labute approximate surface area is 184 Å². The number of carbonyl (C=O) groups excluding carboxylic acids is 2. The topological polar surface area (TPSA) is 80.2 Å². The van der Waals surface area contributed by atoms with Crippen molar-refractivity contribution in [1.29, 1.82) is 0 Å². The highest BCUT2D eigenvalue weighted by molar-refractivity contribution is 8.23. The van der Waals surface area contributed by atoms with Crippen LogP contribution in [0.3, 0.4) is 0 Å². The van der Waals surface area contributed by atoms with Crippen LogP contribution in [0.25, 0.3) is 0 Å². The number of hydrazone groups is 1. The quantitative estimate of drug-likeness (QED) is 0.496. The molecule has 9 heteroatoms. The van der Waals surface area contributed by atoms with Gasteiger partial charge in [-0.1, -0.05) is 41.7 Å². The average Bonchev–Trinajstić information content (AvgIpc) is 3.05. The summed E-state index contributed by atoms with van der Waals surface area (Å²) in [5, 5.41) is 8.14. The minimum absolute atomic E-state index is 0.147. The summed E-state index contributed by atoms with van der Waals surface area (Å²) in [6.07, 6.45) is 1.53. The molecule has 0 unspecified atom stereocenters. The molecule has 1 N–H and O–H groups in total. The van der Waals surface area contributed by atoms with Crippen LogP contribution in [-0.2, 0) is 9.59 Å². The fraction of sp³-hybridized carbons (Fsp3) is 0.238. The molecule has 0 saturated carbocycles. The summed E-state index contributed by atoms with van der Waals surface area (Å²) in [6.45, 7) is 4.11. The number of thiocarbonyl (C=S) groups is 1. The minimum atomic E-state index is -0.273. The van der Waals surface area contributed by atoms with Gasteiger partial charge in [0.2, 0.25) is 0 Å². The molecular weight excluding hydrogens is 422 g/mol. The van der Waals surface area contributed by atoms with E-state index in [9.17, 15) is 9.59 Å². The van der Waals surface area contributed by atoms with Gasteiger partial charge in [-0.3, -0.25) is 9.59 Å². The van der Waals surface area contributed by atoms with E-state index in [-0.39, 0.29) is 18.4 Å². The number of hydrogen-bond acceptors (Lipinski definition) is 7. The van der Waals surface area contributed by atoms with Crippen LogP contribution in [0.15, 0.2) is 47.6 Å². The Morgan fingerprint density at radius 1 is 1.23 bits per heavy atom. The first-order chi connectivity index (χ1) is 14.5. The van der Waals surface area contributed by atoms with Gasteiger partial charge in [0.1, 0.15) is 0 Å². The highest BCUT2D eigenvalue weighted by Crippen LogP contribution is 2.28. The normalized spacial score (nSPS) is 13.7. The van der Waals surface area contributed by atoms with Crippen molar-refractivity contribution in [3.05, 3.63) is 53.6 Å². The van der Waals surface area contributed by atoms with Gasteiger partial charge in [0, 0.05) is 5.69 Å². The average molecular weight is 444 g/mol. The van der Waals surface area contributed by atoms with Crippen LogP contribution in [0.1, 0.15) is 18.1 Å².